The van der Waals surface area contributed by atoms with Crippen LogP contribution in [0.5, 0.6) is 0 Å². The summed E-state index contributed by atoms with van der Waals surface area (Å²) in [4.78, 5) is 24.3. The molecule has 96 valence electrons. The minimum Gasteiger partial charge on any atom is -0.369 e. The van der Waals surface area contributed by atoms with Gasteiger partial charge >= 0.3 is 0 Å². The Bertz CT molecular complexity index is 533. The Morgan fingerprint density at radius 3 is 2.78 bits per heavy atom. The van der Waals surface area contributed by atoms with Crippen LogP contribution in [0.15, 0.2) is 16.6 Å². The maximum Gasteiger partial charge on any atom is 0.227 e. The molecule has 1 aliphatic heterocycles. The molecule has 0 aliphatic carbocycles. The molecule has 1 heterocycles. The van der Waals surface area contributed by atoms with Gasteiger partial charge in [-0.05, 0) is 40.5 Å². The lowest BCUT2D eigenvalue weighted by Crippen LogP contribution is -2.28. The van der Waals surface area contributed by atoms with E-state index in [1.54, 1.807) is 13.0 Å². The molecule has 0 saturated carbocycles. The van der Waals surface area contributed by atoms with Crippen LogP contribution in [0.25, 0.3) is 0 Å². The Hall–Kier alpha value is -1.43. The fourth-order valence-electron chi connectivity index (χ4n) is 2.06. The van der Waals surface area contributed by atoms with Gasteiger partial charge in [-0.2, -0.15) is 0 Å². The third kappa shape index (κ3) is 2.25. The van der Waals surface area contributed by atoms with Crippen LogP contribution < -0.4 is 10.6 Å². The molecule has 1 saturated heterocycles. The number of aryl methyl sites for hydroxylation is 1. The number of halogens is 2. The van der Waals surface area contributed by atoms with Gasteiger partial charge in [-0.25, -0.2) is 4.39 Å². The minimum absolute atomic E-state index is 0.0897. The van der Waals surface area contributed by atoms with Crippen LogP contribution in [0.1, 0.15) is 12.0 Å². The van der Waals surface area contributed by atoms with Gasteiger partial charge in [0.1, 0.15) is 5.82 Å². The standard InChI is InChI=1S/C12H12BrFN2O2/c1-6-2-8(13)9(14)4-10(6)16-5-7(12(15)18)3-11(16)17/h2,4,7H,3,5H2,1H3,(H2,15,18). The first-order valence-electron chi connectivity index (χ1n) is 5.45. The smallest absolute Gasteiger partial charge is 0.227 e. The van der Waals surface area contributed by atoms with E-state index < -0.39 is 17.6 Å². The molecule has 2 rings (SSSR count). The topological polar surface area (TPSA) is 63.4 Å². The molecular weight excluding hydrogens is 303 g/mol. The molecule has 4 nitrogen and oxygen atoms in total. The van der Waals surface area contributed by atoms with E-state index in [1.165, 1.54) is 11.0 Å². The lowest BCUT2D eigenvalue weighted by atomic mass is 10.1. The summed E-state index contributed by atoms with van der Waals surface area (Å²) in [5.74, 6) is -1.64. The number of hydrogen-bond acceptors (Lipinski definition) is 2. The third-order valence-corrected chi connectivity index (χ3v) is 3.66. The third-order valence-electron chi connectivity index (χ3n) is 3.06. The molecule has 2 amide bonds. The van der Waals surface area contributed by atoms with Crippen LogP contribution in [0, 0.1) is 18.7 Å². The van der Waals surface area contributed by atoms with Gasteiger partial charge < -0.3 is 10.6 Å². The van der Waals surface area contributed by atoms with E-state index in [4.69, 9.17) is 5.73 Å². The maximum absolute atomic E-state index is 13.5. The van der Waals surface area contributed by atoms with Crippen molar-refractivity contribution >= 4 is 33.4 Å². The predicted molar refractivity (Wildman–Crippen MR) is 68.5 cm³/mol. The highest BCUT2D eigenvalue weighted by atomic mass is 79.9. The molecule has 0 radical (unpaired) electrons. The van der Waals surface area contributed by atoms with E-state index in [0.717, 1.165) is 5.56 Å². The number of carbonyl (C=O) groups is 2. The predicted octanol–water partition coefficient (Wildman–Crippen LogP) is 1.73. The van der Waals surface area contributed by atoms with Gasteiger partial charge in [-0.1, -0.05) is 0 Å². The molecule has 1 fully saturated rings. The van der Waals surface area contributed by atoms with Gasteiger partial charge in [0.05, 0.1) is 10.4 Å². The van der Waals surface area contributed by atoms with E-state index in [1.807, 2.05) is 0 Å². The average molecular weight is 315 g/mol. The first-order valence-corrected chi connectivity index (χ1v) is 6.24. The van der Waals surface area contributed by atoms with E-state index in [-0.39, 0.29) is 18.9 Å². The lowest BCUT2D eigenvalue weighted by Gasteiger charge is -2.19. The molecule has 0 aromatic heterocycles. The van der Waals surface area contributed by atoms with Crippen molar-refractivity contribution in [3.8, 4) is 0 Å². The molecule has 1 aliphatic rings. The summed E-state index contributed by atoms with van der Waals surface area (Å²) in [5, 5.41) is 0. The van der Waals surface area contributed by atoms with Crippen molar-refractivity contribution in [2.45, 2.75) is 13.3 Å². The number of hydrogen-bond donors (Lipinski definition) is 1. The monoisotopic (exact) mass is 314 g/mol. The number of benzene rings is 1. The number of amides is 2. The Morgan fingerprint density at radius 2 is 2.22 bits per heavy atom. The van der Waals surface area contributed by atoms with Gasteiger partial charge in [-0.15, -0.1) is 0 Å². The zero-order valence-electron chi connectivity index (χ0n) is 9.74. The number of anilines is 1. The Kier molecular flexibility index (Phi) is 3.38. The summed E-state index contributed by atoms with van der Waals surface area (Å²) in [5.41, 5.74) is 6.45. The largest absolute Gasteiger partial charge is 0.369 e. The van der Waals surface area contributed by atoms with Gasteiger partial charge in [0.25, 0.3) is 0 Å². The number of rotatable bonds is 2. The second-order valence-electron chi connectivity index (χ2n) is 4.36. The maximum atomic E-state index is 13.5. The summed E-state index contributed by atoms with van der Waals surface area (Å²) < 4.78 is 13.9. The highest BCUT2D eigenvalue weighted by Gasteiger charge is 2.34. The summed E-state index contributed by atoms with van der Waals surface area (Å²) in [7, 11) is 0. The molecule has 6 heteroatoms. The summed E-state index contributed by atoms with van der Waals surface area (Å²) >= 11 is 3.09. The molecular formula is C12H12BrFN2O2. The second-order valence-corrected chi connectivity index (χ2v) is 5.21. The Morgan fingerprint density at radius 1 is 1.56 bits per heavy atom. The van der Waals surface area contributed by atoms with Crippen LogP contribution >= 0.6 is 15.9 Å². The Labute approximate surface area is 112 Å². The van der Waals surface area contributed by atoms with Crippen LogP contribution in [0.4, 0.5) is 10.1 Å². The van der Waals surface area contributed by atoms with Gasteiger partial charge in [-0.3, -0.25) is 9.59 Å². The zero-order chi connectivity index (χ0) is 13.4. The van der Waals surface area contributed by atoms with E-state index in [9.17, 15) is 14.0 Å². The van der Waals surface area contributed by atoms with E-state index in [0.29, 0.717) is 10.2 Å². The average Bonchev–Trinajstić information content (AvgIpc) is 2.66. The lowest BCUT2D eigenvalue weighted by molar-refractivity contribution is -0.123. The van der Waals surface area contributed by atoms with Crippen molar-refractivity contribution in [2.75, 3.05) is 11.4 Å². The molecule has 1 aromatic carbocycles. The molecule has 0 spiro atoms. The minimum atomic E-state index is -0.499. The Balaban J connectivity index is 2.35. The van der Waals surface area contributed by atoms with Crippen LogP contribution in [0.3, 0.4) is 0 Å². The van der Waals surface area contributed by atoms with Crippen molar-refractivity contribution in [1.29, 1.82) is 0 Å². The quantitative estimate of drug-likeness (QED) is 0.903. The van der Waals surface area contributed by atoms with Gasteiger partial charge in [0, 0.05) is 18.7 Å². The second kappa shape index (κ2) is 4.68. The fourth-order valence-corrected chi connectivity index (χ4v) is 2.52. The molecule has 0 bridgehead atoms. The summed E-state index contributed by atoms with van der Waals surface area (Å²) in [6.07, 6.45) is 0.0897. The van der Waals surface area contributed by atoms with Crippen molar-refractivity contribution in [2.24, 2.45) is 11.7 Å². The van der Waals surface area contributed by atoms with E-state index >= 15 is 0 Å². The van der Waals surface area contributed by atoms with Crippen molar-refractivity contribution in [1.82, 2.24) is 0 Å². The normalized spacial score (nSPS) is 19.4. The highest BCUT2D eigenvalue weighted by Crippen LogP contribution is 2.31. The van der Waals surface area contributed by atoms with Crippen molar-refractivity contribution in [3.05, 3.63) is 28.0 Å². The highest BCUT2D eigenvalue weighted by molar-refractivity contribution is 9.10. The molecule has 1 aromatic rings. The fraction of sp³-hybridized carbons (Fsp3) is 0.333. The number of carbonyl (C=O) groups excluding carboxylic acids is 2. The first kappa shape index (κ1) is 13.0. The SMILES string of the molecule is Cc1cc(Br)c(F)cc1N1CC(C(N)=O)CC1=O. The van der Waals surface area contributed by atoms with Crippen molar-refractivity contribution < 1.29 is 14.0 Å². The molecule has 1 unspecified atom stereocenters. The molecule has 18 heavy (non-hydrogen) atoms. The van der Waals surface area contributed by atoms with Crippen molar-refractivity contribution in [3.63, 3.8) is 0 Å². The van der Waals surface area contributed by atoms with Crippen LogP contribution in [-0.4, -0.2) is 18.4 Å². The number of nitrogens with zero attached hydrogens (tertiary/aromatic N) is 1. The number of nitrogens with two attached hydrogens (primary N) is 1. The van der Waals surface area contributed by atoms with Gasteiger partial charge in [0.15, 0.2) is 0 Å². The summed E-state index contributed by atoms with van der Waals surface area (Å²) in [6, 6.07) is 2.90. The number of primary amides is 1. The van der Waals surface area contributed by atoms with Crippen LogP contribution in [-0.2, 0) is 9.59 Å². The van der Waals surface area contributed by atoms with Gasteiger partial charge in [0.2, 0.25) is 11.8 Å². The first-order chi connectivity index (χ1) is 8.40. The van der Waals surface area contributed by atoms with E-state index in [2.05, 4.69) is 15.9 Å². The van der Waals surface area contributed by atoms with Crippen LogP contribution in [0.2, 0.25) is 0 Å². The summed E-state index contributed by atoms with van der Waals surface area (Å²) in [6.45, 7) is 2.00. The molecule has 1 atom stereocenters. The zero-order valence-corrected chi connectivity index (χ0v) is 11.3. The molecule has 2 N–H and O–H groups in total.